The summed E-state index contributed by atoms with van der Waals surface area (Å²) in [7, 11) is 3.38. The number of thioether (sulfide) groups is 1. The van der Waals surface area contributed by atoms with E-state index in [4.69, 9.17) is 9.47 Å². The highest BCUT2D eigenvalue weighted by Gasteiger charge is 2.11. The molecule has 110 valence electrons. The van der Waals surface area contributed by atoms with Crippen LogP contribution in [0.1, 0.15) is 4.88 Å². The first-order valence-corrected chi connectivity index (χ1v) is 8.46. The summed E-state index contributed by atoms with van der Waals surface area (Å²) in [5.74, 6) is 2.72. The Hall–Kier alpha value is -1.43. The molecule has 3 rings (SSSR count). The minimum absolute atomic E-state index is 0.842. The predicted octanol–water partition coefficient (Wildman–Crippen LogP) is 4.07. The molecule has 0 atom stereocenters. The normalized spacial score (nSPS) is 16.4. The summed E-state index contributed by atoms with van der Waals surface area (Å²) in [5.41, 5.74) is 1.07. The second-order valence-electron chi connectivity index (χ2n) is 4.59. The number of nitrogens with one attached hydrogen (secondary N) is 1. The largest absolute Gasteiger partial charge is 0.497 e. The van der Waals surface area contributed by atoms with Gasteiger partial charge in [0.1, 0.15) is 11.5 Å². The van der Waals surface area contributed by atoms with Crippen LogP contribution >= 0.6 is 23.1 Å². The molecule has 0 bridgehead atoms. The van der Waals surface area contributed by atoms with Gasteiger partial charge in [0.25, 0.3) is 0 Å². The fourth-order valence-electron chi connectivity index (χ4n) is 2.20. The summed E-state index contributed by atoms with van der Waals surface area (Å²) in [6.45, 7) is 0.973. The van der Waals surface area contributed by atoms with Crippen LogP contribution in [0.3, 0.4) is 0 Å². The molecule has 21 heavy (non-hydrogen) atoms. The Morgan fingerprint density at radius 2 is 2.05 bits per heavy atom. The summed E-state index contributed by atoms with van der Waals surface area (Å²) in [5, 5.41) is 3.33. The highest BCUT2D eigenvalue weighted by molar-refractivity contribution is 8.03. The van der Waals surface area contributed by atoms with Crippen LogP contribution < -0.4 is 14.8 Å². The van der Waals surface area contributed by atoms with Gasteiger partial charge in [-0.2, -0.15) is 0 Å². The number of ether oxygens (including phenoxy) is 2. The van der Waals surface area contributed by atoms with Crippen molar-refractivity contribution in [3.8, 4) is 21.9 Å². The molecule has 0 amide bonds. The standard InChI is InChI=1S/C16H17NO2S2/c1-18-11-3-5-15(19-2)14(7-11)16-6-4-12(21-16)8-13-9-17-10-20-13/h3-8,17H,9-10H2,1-2H3. The monoisotopic (exact) mass is 319 g/mol. The van der Waals surface area contributed by atoms with Crippen molar-refractivity contribution in [1.29, 1.82) is 0 Å². The maximum absolute atomic E-state index is 5.46. The van der Waals surface area contributed by atoms with Gasteiger partial charge in [-0.25, -0.2) is 0 Å². The first-order chi connectivity index (χ1) is 10.3. The van der Waals surface area contributed by atoms with E-state index < -0.39 is 0 Å². The highest BCUT2D eigenvalue weighted by Crippen LogP contribution is 2.38. The second kappa shape index (κ2) is 6.56. The molecule has 1 aliphatic rings. The zero-order valence-corrected chi connectivity index (χ0v) is 13.6. The Morgan fingerprint density at radius 1 is 1.14 bits per heavy atom. The number of hydrogen-bond donors (Lipinski definition) is 1. The molecule has 0 saturated carbocycles. The summed E-state index contributed by atoms with van der Waals surface area (Å²) in [4.78, 5) is 3.84. The Bertz CT molecular complexity index is 656. The topological polar surface area (TPSA) is 30.5 Å². The Balaban J connectivity index is 1.93. The first-order valence-electron chi connectivity index (χ1n) is 6.66. The Labute approximate surface area is 133 Å². The maximum atomic E-state index is 5.46. The smallest absolute Gasteiger partial charge is 0.127 e. The molecule has 1 N–H and O–H groups in total. The van der Waals surface area contributed by atoms with E-state index in [9.17, 15) is 0 Å². The SMILES string of the molecule is COc1ccc(OC)c(-c2ccc(C=C3CNCS3)s2)c1. The number of methoxy groups -OCH3 is 2. The van der Waals surface area contributed by atoms with Crippen LogP contribution in [-0.4, -0.2) is 26.6 Å². The third-order valence-electron chi connectivity index (χ3n) is 3.26. The van der Waals surface area contributed by atoms with E-state index in [1.165, 1.54) is 14.7 Å². The van der Waals surface area contributed by atoms with E-state index in [-0.39, 0.29) is 0 Å². The molecule has 3 nitrogen and oxygen atoms in total. The van der Waals surface area contributed by atoms with Crippen LogP contribution in [0.15, 0.2) is 35.2 Å². The first kappa shape index (κ1) is 14.5. The van der Waals surface area contributed by atoms with Gasteiger partial charge in [0.15, 0.2) is 0 Å². The third kappa shape index (κ3) is 3.26. The van der Waals surface area contributed by atoms with E-state index >= 15 is 0 Å². The number of rotatable bonds is 4. The predicted molar refractivity (Wildman–Crippen MR) is 91.3 cm³/mol. The second-order valence-corrected chi connectivity index (χ2v) is 6.81. The van der Waals surface area contributed by atoms with Crippen LogP contribution in [0.4, 0.5) is 0 Å². The zero-order valence-electron chi connectivity index (χ0n) is 12.0. The van der Waals surface area contributed by atoms with Crippen LogP contribution in [0.2, 0.25) is 0 Å². The van der Waals surface area contributed by atoms with E-state index in [2.05, 4.69) is 23.5 Å². The number of hydrogen-bond acceptors (Lipinski definition) is 5. The van der Waals surface area contributed by atoms with Crippen molar-refractivity contribution in [2.24, 2.45) is 0 Å². The van der Waals surface area contributed by atoms with Gasteiger partial charge in [0.05, 0.1) is 14.2 Å². The molecule has 1 aromatic heterocycles. The molecular weight excluding hydrogens is 302 g/mol. The van der Waals surface area contributed by atoms with Crippen molar-refractivity contribution >= 4 is 29.2 Å². The lowest BCUT2D eigenvalue weighted by atomic mass is 10.1. The van der Waals surface area contributed by atoms with Gasteiger partial charge in [0.2, 0.25) is 0 Å². The van der Waals surface area contributed by atoms with Crippen molar-refractivity contribution in [2.45, 2.75) is 0 Å². The number of benzene rings is 1. The lowest BCUT2D eigenvalue weighted by Crippen LogP contribution is -2.04. The van der Waals surface area contributed by atoms with Crippen LogP contribution in [0.5, 0.6) is 11.5 Å². The molecule has 1 saturated heterocycles. The molecule has 5 heteroatoms. The van der Waals surface area contributed by atoms with Crippen molar-refractivity contribution in [3.05, 3.63) is 40.1 Å². The summed E-state index contributed by atoms with van der Waals surface area (Å²) >= 11 is 3.64. The Morgan fingerprint density at radius 3 is 2.76 bits per heavy atom. The van der Waals surface area contributed by atoms with Crippen molar-refractivity contribution in [2.75, 3.05) is 26.6 Å². The molecule has 1 aromatic carbocycles. The van der Waals surface area contributed by atoms with Crippen LogP contribution in [0.25, 0.3) is 16.5 Å². The van der Waals surface area contributed by atoms with Gasteiger partial charge < -0.3 is 14.8 Å². The van der Waals surface area contributed by atoms with Gasteiger partial charge >= 0.3 is 0 Å². The lowest BCUT2D eigenvalue weighted by Gasteiger charge is -2.08. The van der Waals surface area contributed by atoms with E-state index in [1.54, 1.807) is 25.6 Å². The molecule has 0 spiro atoms. The van der Waals surface area contributed by atoms with Crippen molar-refractivity contribution < 1.29 is 9.47 Å². The van der Waals surface area contributed by atoms with E-state index in [0.717, 1.165) is 29.5 Å². The fourth-order valence-corrected chi connectivity index (χ4v) is 4.08. The molecule has 2 heterocycles. The van der Waals surface area contributed by atoms with Gasteiger partial charge in [0, 0.05) is 32.6 Å². The van der Waals surface area contributed by atoms with Gasteiger partial charge in [-0.05, 0) is 36.4 Å². The van der Waals surface area contributed by atoms with E-state index in [1.807, 2.05) is 30.0 Å². The molecular formula is C16H17NO2S2. The van der Waals surface area contributed by atoms with Crippen LogP contribution in [0, 0.1) is 0 Å². The zero-order chi connectivity index (χ0) is 14.7. The average Bonchev–Trinajstić information content (AvgIpc) is 3.19. The number of thiophene rings is 1. The fraction of sp³-hybridized carbons (Fsp3) is 0.250. The minimum atomic E-state index is 0.842. The van der Waals surface area contributed by atoms with Crippen LogP contribution in [-0.2, 0) is 0 Å². The Kier molecular flexibility index (Phi) is 4.53. The highest BCUT2D eigenvalue weighted by atomic mass is 32.2. The summed E-state index contributed by atoms with van der Waals surface area (Å²) in [6, 6.07) is 10.2. The van der Waals surface area contributed by atoms with Gasteiger partial charge in [-0.15, -0.1) is 23.1 Å². The quantitative estimate of drug-likeness (QED) is 0.920. The average molecular weight is 319 g/mol. The molecule has 0 aliphatic carbocycles. The third-order valence-corrected chi connectivity index (χ3v) is 5.31. The van der Waals surface area contributed by atoms with E-state index in [0.29, 0.717) is 0 Å². The maximum Gasteiger partial charge on any atom is 0.127 e. The van der Waals surface area contributed by atoms with Gasteiger partial charge in [-0.3, -0.25) is 0 Å². The molecule has 1 aliphatic heterocycles. The molecule has 2 aromatic rings. The van der Waals surface area contributed by atoms with Gasteiger partial charge in [-0.1, -0.05) is 0 Å². The summed E-state index contributed by atoms with van der Waals surface area (Å²) in [6.07, 6.45) is 2.26. The molecule has 0 radical (unpaired) electrons. The molecule has 1 fully saturated rings. The van der Waals surface area contributed by atoms with Crippen molar-refractivity contribution in [3.63, 3.8) is 0 Å². The lowest BCUT2D eigenvalue weighted by molar-refractivity contribution is 0.404. The molecule has 0 unspecified atom stereocenters. The van der Waals surface area contributed by atoms with Crippen molar-refractivity contribution in [1.82, 2.24) is 5.32 Å². The summed E-state index contributed by atoms with van der Waals surface area (Å²) < 4.78 is 10.8. The minimum Gasteiger partial charge on any atom is -0.497 e.